The molecule has 1 unspecified atom stereocenters. The zero-order chi connectivity index (χ0) is 16.9. The number of methoxy groups -OCH3 is 1. The minimum absolute atomic E-state index is 0.0445. The third-order valence-corrected chi connectivity index (χ3v) is 4.22. The van der Waals surface area contributed by atoms with E-state index in [0.717, 1.165) is 16.9 Å². The van der Waals surface area contributed by atoms with Crippen LogP contribution in [0.25, 0.3) is 0 Å². The van der Waals surface area contributed by atoms with Gasteiger partial charge in [0.1, 0.15) is 5.75 Å². The Balaban J connectivity index is 2.04. The number of halogens is 1. The van der Waals surface area contributed by atoms with E-state index in [1.807, 2.05) is 54.6 Å². The molecule has 0 spiro atoms. The van der Waals surface area contributed by atoms with Crippen LogP contribution < -0.4 is 4.74 Å². The zero-order valence-electron chi connectivity index (χ0n) is 13.3. The Labute approximate surface area is 146 Å². The van der Waals surface area contributed by atoms with E-state index in [-0.39, 0.29) is 11.7 Å². The molecule has 0 radical (unpaired) electrons. The van der Waals surface area contributed by atoms with Crippen LogP contribution in [-0.4, -0.2) is 12.9 Å². The number of Topliss-reactive ketones (excluding diaryl/α,β-unsaturated/α-hetero) is 1. The molecule has 3 aromatic rings. The summed E-state index contributed by atoms with van der Waals surface area (Å²) >= 11 is 5.94. The summed E-state index contributed by atoms with van der Waals surface area (Å²) in [7, 11) is 1.63. The van der Waals surface area contributed by atoms with E-state index in [4.69, 9.17) is 16.3 Å². The molecule has 0 aliphatic rings. The van der Waals surface area contributed by atoms with Crippen LogP contribution in [0.3, 0.4) is 0 Å². The summed E-state index contributed by atoms with van der Waals surface area (Å²) in [5, 5.41) is 0.618. The van der Waals surface area contributed by atoms with E-state index in [1.54, 1.807) is 31.4 Å². The second-order valence-corrected chi connectivity index (χ2v) is 5.92. The standard InChI is InChI=1S/C21H17ClO2/c1-24-19-13-9-16(10-14-19)20(15-5-3-2-4-6-15)21(23)17-7-11-18(22)12-8-17/h2-14,20H,1H3. The summed E-state index contributed by atoms with van der Waals surface area (Å²) in [6.07, 6.45) is 0. The molecule has 0 heterocycles. The van der Waals surface area contributed by atoms with Gasteiger partial charge in [-0.15, -0.1) is 0 Å². The highest BCUT2D eigenvalue weighted by atomic mass is 35.5. The van der Waals surface area contributed by atoms with E-state index in [2.05, 4.69) is 0 Å². The number of hydrogen-bond acceptors (Lipinski definition) is 2. The zero-order valence-corrected chi connectivity index (χ0v) is 14.0. The molecule has 0 aliphatic heterocycles. The number of carbonyl (C=O) groups is 1. The van der Waals surface area contributed by atoms with E-state index in [9.17, 15) is 4.79 Å². The van der Waals surface area contributed by atoms with E-state index in [0.29, 0.717) is 10.6 Å². The van der Waals surface area contributed by atoms with Crippen molar-refractivity contribution in [1.82, 2.24) is 0 Å². The third kappa shape index (κ3) is 3.50. The van der Waals surface area contributed by atoms with Crippen LogP contribution in [0.15, 0.2) is 78.9 Å². The number of ketones is 1. The monoisotopic (exact) mass is 336 g/mol. The molecule has 0 amide bonds. The van der Waals surface area contributed by atoms with Crippen LogP contribution in [0.2, 0.25) is 5.02 Å². The maximum Gasteiger partial charge on any atom is 0.174 e. The quantitative estimate of drug-likeness (QED) is 0.586. The molecule has 3 rings (SSSR count). The summed E-state index contributed by atoms with van der Waals surface area (Å²) in [4.78, 5) is 13.1. The van der Waals surface area contributed by atoms with Crippen molar-refractivity contribution in [2.24, 2.45) is 0 Å². The first kappa shape index (κ1) is 16.3. The molecule has 0 saturated carbocycles. The second-order valence-electron chi connectivity index (χ2n) is 5.49. The Morgan fingerprint density at radius 2 is 1.42 bits per heavy atom. The van der Waals surface area contributed by atoms with Crippen molar-refractivity contribution in [3.05, 3.63) is 101 Å². The minimum atomic E-state index is -0.363. The van der Waals surface area contributed by atoms with Gasteiger partial charge in [0.25, 0.3) is 0 Å². The summed E-state index contributed by atoms with van der Waals surface area (Å²) in [5.41, 5.74) is 2.54. The van der Waals surface area contributed by atoms with Crippen molar-refractivity contribution >= 4 is 17.4 Å². The van der Waals surface area contributed by atoms with Crippen molar-refractivity contribution in [1.29, 1.82) is 0 Å². The molecule has 1 atom stereocenters. The van der Waals surface area contributed by atoms with Crippen molar-refractivity contribution < 1.29 is 9.53 Å². The Morgan fingerprint density at radius 1 is 0.833 bits per heavy atom. The number of hydrogen-bond donors (Lipinski definition) is 0. The van der Waals surface area contributed by atoms with Gasteiger partial charge in [0.05, 0.1) is 13.0 Å². The van der Waals surface area contributed by atoms with Crippen LogP contribution in [0.5, 0.6) is 5.75 Å². The third-order valence-electron chi connectivity index (χ3n) is 3.97. The molecule has 0 aromatic heterocycles. The lowest BCUT2D eigenvalue weighted by Crippen LogP contribution is -2.14. The van der Waals surface area contributed by atoms with Crippen LogP contribution in [0, 0.1) is 0 Å². The number of rotatable bonds is 5. The van der Waals surface area contributed by atoms with E-state index >= 15 is 0 Å². The molecule has 0 bridgehead atoms. The van der Waals surface area contributed by atoms with Crippen molar-refractivity contribution in [2.45, 2.75) is 5.92 Å². The van der Waals surface area contributed by atoms with Crippen molar-refractivity contribution in [3.8, 4) is 5.75 Å². The second kappa shape index (κ2) is 7.33. The first-order valence-electron chi connectivity index (χ1n) is 7.67. The van der Waals surface area contributed by atoms with Gasteiger partial charge in [-0.3, -0.25) is 4.79 Å². The highest BCUT2D eigenvalue weighted by Gasteiger charge is 2.24. The molecule has 24 heavy (non-hydrogen) atoms. The van der Waals surface area contributed by atoms with Crippen LogP contribution in [0.4, 0.5) is 0 Å². The van der Waals surface area contributed by atoms with Gasteiger partial charge in [-0.25, -0.2) is 0 Å². The first-order chi connectivity index (χ1) is 11.7. The topological polar surface area (TPSA) is 26.3 Å². The predicted octanol–water partition coefficient (Wildman–Crippen LogP) is 5.36. The number of benzene rings is 3. The molecule has 0 N–H and O–H groups in total. The van der Waals surface area contributed by atoms with Gasteiger partial charge in [0.2, 0.25) is 0 Å². The first-order valence-corrected chi connectivity index (χ1v) is 8.05. The summed E-state index contributed by atoms with van der Waals surface area (Å²) < 4.78 is 5.21. The van der Waals surface area contributed by atoms with E-state index < -0.39 is 0 Å². The van der Waals surface area contributed by atoms with Crippen LogP contribution in [0.1, 0.15) is 27.4 Å². The molecule has 2 nitrogen and oxygen atoms in total. The van der Waals surface area contributed by atoms with Crippen LogP contribution in [-0.2, 0) is 0 Å². The SMILES string of the molecule is COc1ccc(C(C(=O)c2ccc(Cl)cc2)c2ccccc2)cc1. The summed E-state index contributed by atoms with van der Waals surface area (Å²) in [5.74, 6) is 0.450. The summed E-state index contributed by atoms with van der Waals surface area (Å²) in [6.45, 7) is 0. The fraction of sp³-hybridized carbons (Fsp3) is 0.0952. The molecular weight excluding hydrogens is 320 g/mol. The van der Waals surface area contributed by atoms with Gasteiger partial charge in [-0.2, -0.15) is 0 Å². The molecule has 120 valence electrons. The smallest absolute Gasteiger partial charge is 0.174 e. The van der Waals surface area contributed by atoms with Gasteiger partial charge in [0.15, 0.2) is 5.78 Å². The Morgan fingerprint density at radius 3 is 2.00 bits per heavy atom. The number of carbonyl (C=O) groups excluding carboxylic acids is 1. The lowest BCUT2D eigenvalue weighted by Gasteiger charge is -2.17. The maximum absolute atomic E-state index is 13.1. The fourth-order valence-corrected chi connectivity index (χ4v) is 2.84. The van der Waals surface area contributed by atoms with E-state index in [1.165, 1.54) is 0 Å². The van der Waals surface area contributed by atoms with Crippen LogP contribution >= 0.6 is 11.6 Å². The van der Waals surface area contributed by atoms with Crippen molar-refractivity contribution in [2.75, 3.05) is 7.11 Å². The average Bonchev–Trinajstić information content (AvgIpc) is 2.64. The molecular formula is C21H17ClO2. The number of ether oxygens (including phenoxy) is 1. The average molecular weight is 337 g/mol. The van der Waals surface area contributed by atoms with Gasteiger partial charge in [0, 0.05) is 10.6 Å². The van der Waals surface area contributed by atoms with Gasteiger partial charge in [-0.05, 0) is 47.5 Å². The maximum atomic E-state index is 13.1. The molecule has 0 fully saturated rings. The molecule has 3 heteroatoms. The van der Waals surface area contributed by atoms with Crippen molar-refractivity contribution in [3.63, 3.8) is 0 Å². The normalized spacial score (nSPS) is 11.8. The predicted molar refractivity (Wildman–Crippen MR) is 97.1 cm³/mol. The highest BCUT2D eigenvalue weighted by Crippen LogP contribution is 2.30. The van der Waals surface area contributed by atoms with Gasteiger partial charge < -0.3 is 4.74 Å². The van der Waals surface area contributed by atoms with Gasteiger partial charge in [-0.1, -0.05) is 54.1 Å². The lowest BCUT2D eigenvalue weighted by molar-refractivity contribution is 0.0974. The molecule has 0 aliphatic carbocycles. The Bertz CT molecular complexity index is 809. The minimum Gasteiger partial charge on any atom is -0.497 e. The molecule has 3 aromatic carbocycles. The fourth-order valence-electron chi connectivity index (χ4n) is 2.72. The van der Waals surface area contributed by atoms with Gasteiger partial charge >= 0.3 is 0 Å². The molecule has 0 saturated heterocycles. The summed E-state index contributed by atoms with van der Waals surface area (Å²) in [6, 6.07) is 24.4. The largest absolute Gasteiger partial charge is 0.497 e. The lowest BCUT2D eigenvalue weighted by atomic mass is 9.85. The highest BCUT2D eigenvalue weighted by molar-refractivity contribution is 6.30. The Kier molecular flexibility index (Phi) is 4.97. The Hall–Kier alpha value is -2.58.